The molecule has 1 fully saturated rings. The molecule has 2 atom stereocenters. The van der Waals surface area contributed by atoms with Gasteiger partial charge in [0.25, 0.3) is 5.69 Å². The van der Waals surface area contributed by atoms with Gasteiger partial charge in [-0.15, -0.1) is 0 Å². The number of benzene rings is 1. The second-order valence-electron chi connectivity index (χ2n) is 5.29. The minimum absolute atomic E-state index is 0.0369. The number of rotatable bonds is 5. The van der Waals surface area contributed by atoms with Gasteiger partial charge in [-0.3, -0.25) is 10.1 Å². The molecule has 2 rings (SSSR count). The van der Waals surface area contributed by atoms with E-state index >= 15 is 0 Å². The molecule has 1 aliphatic rings. The van der Waals surface area contributed by atoms with Crippen molar-refractivity contribution in [3.8, 4) is 11.5 Å². The minimum atomic E-state index is -0.436. The molecule has 21 heavy (non-hydrogen) atoms. The Kier molecular flexibility index (Phi) is 4.22. The highest BCUT2D eigenvalue weighted by Gasteiger charge is 2.38. The van der Waals surface area contributed by atoms with Crippen LogP contribution in [0.1, 0.15) is 20.3 Å². The predicted molar refractivity (Wildman–Crippen MR) is 78.3 cm³/mol. The molecule has 0 spiro atoms. The van der Waals surface area contributed by atoms with Crippen LogP contribution in [-0.2, 0) is 4.74 Å². The molecule has 0 saturated carbocycles. The summed E-state index contributed by atoms with van der Waals surface area (Å²) in [5.41, 5.74) is -0.00449. The molecule has 1 aliphatic heterocycles. The second-order valence-corrected chi connectivity index (χ2v) is 5.29. The highest BCUT2D eigenvalue weighted by atomic mass is 16.6. The van der Waals surface area contributed by atoms with E-state index in [9.17, 15) is 10.1 Å². The van der Waals surface area contributed by atoms with Crippen molar-refractivity contribution < 1.29 is 19.1 Å². The Morgan fingerprint density at radius 1 is 1.38 bits per heavy atom. The first-order valence-electron chi connectivity index (χ1n) is 6.71. The summed E-state index contributed by atoms with van der Waals surface area (Å²) >= 11 is 0. The Labute approximate surface area is 123 Å². The number of hydrogen-bond donors (Lipinski definition) is 1. The maximum absolute atomic E-state index is 11.3. The Hall–Kier alpha value is -2.02. The molecular formula is C14H20N2O5. The highest BCUT2D eigenvalue weighted by molar-refractivity contribution is 5.69. The number of nitrogens with one attached hydrogen (secondary N) is 1. The molecule has 0 aromatic heterocycles. The van der Waals surface area contributed by atoms with Crippen LogP contribution in [0.5, 0.6) is 11.5 Å². The zero-order valence-corrected chi connectivity index (χ0v) is 12.6. The zero-order valence-electron chi connectivity index (χ0n) is 12.6. The summed E-state index contributed by atoms with van der Waals surface area (Å²) in [6, 6.07) is 2.96. The number of anilines is 1. The van der Waals surface area contributed by atoms with Gasteiger partial charge >= 0.3 is 0 Å². The zero-order chi connectivity index (χ0) is 15.6. The molecule has 1 heterocycles. The van der Waals surface area contributed by atoms with Crippen molar-refractivity contribution >= 4 is 11.4 Å². The smallest absolute Gasteiger partial charge is 0.296 e. The van der Waals surface area contributed by atoms with E-state index in [1.54, 1.807) is 6.07 Å². The van der Waals surface area contributed by atoms with E-state index in [0.717, 1.165) is 6.42 Å². The van der Waals surface area contributed by atoms with Crippen molar-refractivity contribution in [2.45, 2.75) is 31.9 Å². The first kappa shape index (κ1) is 15.4. The third-order valence-electron chi connectivity index (χ3n) is 4.01. The second kappa shape index (κ2) is 5.77. The van der Waals surface area contributed by atoms with Crippen molar-refractivity contribution in [1.82, 2.24) is 0 Å². The van der Waals surface area contributed by atoms with Gasteiger partial charge in [-0.25, -0.2) is 0 Å². The molecule has 7 heteroatoms. The monoisotopic (exact) mass is 296 g/mol. The summed E-state index contributed by atoms with van der Waals surface area (Å²) in [5.74, 6) is 0.774. The first-order chi connectivity index (χ1) is 9.91. The molecule has 0 radical (unpaired) electrons. The van der Waals surface area contributed by atoms with E-state index in [2.05, 4.69) is 5.32 Å². The Morgan fingerprint density at radius 3 is 2.48 bits per heavy atom. The predicted octanol–water partition coefficient (Wildman–Crippen LogP) is 2.59. The molecule has 1 saturated heterocycles. The van der Waals surface area contributed by atoms with Crippen LogP contribution in [0, 0.1) is 10.1 Å². The van der Waals surface area contributed by atoms with Gasteiger partial charge in [0, 0.05) is 12.7 Å². The van der Waals surface area contributed by atoms with Gasteiger partial charge in [0.1, 0.15) is 5.69 Å². The average molecular weight is 296 g/mol. The Bertz CT molecular complexity index is 548. The lowest BCUT2D eigenvalue weighted by atomic mass is 9.94. The van der Waals surface area contributed by atoms with Crippen LogP contribution in [0.15, 0.2) is 12.1 Å². The van der Waals surface area contributed by atoms with Crippen molar-refractivity contribution in [1.29, 1.82) is 0 Å². The number of ether oxygens (including phenoxy) is 3. The number of nitro benzene ring substituents is 1. The number of nitro groups is 1. The van der Waals surface area contributed by atoms with Crippen molar-refractivity contribution in [2.75, 3.05) is 26.1 Å². The number of methoxy groups -OCH3 is 2. The minimum Gasteiger partial charge on any atom is -0.493 e. The summed E-state index contributed by atoms with van der Waals surface area (Å²) in [6.07, 6.45) is 0.741. The molecule has 116 valence electrons. The van der Waals surface area contributed by atoms with Gasteiger partial charge in [0.15, 0.2) is 11.5 Å². The number of hydrogen-bond acceptors (Lipinski definition) is 6. The van der Waals surface area contributed by atoms with Crippen molar-refractivity contribution in [3.05, 3.63) is 22.2 Å². The molecule has 0 bridgehead atoms. The highest BCUT2D eigenvalue weighted by Crippen LogP contribution is 2.40. The van der Waals surface area contributed by atoms with Gasteiger partial charge < -0.3 is 19.5 Å². The van der Waals surface area contributed by atoms with Gasteiger partial charge in [0.05, 0.1) is 36.9 Å². The molecule has 1 N–H and O–H groups in total. The van der Waals surface area contributed by atoms with Crippen LogP contribution < -0.4 is 14.8 Å². The van der Waals surface area contributed by atoms with E-state index < -0.39 is 4.92 Å². The summed E-state index contributed by atoms with van der Waals surface area (Å²) < 4.78 is 15.9. The molecule has 7 nitrogen and oxygen atoms in total. The topological polar surface area (TPSA) is 82.9 Å². The lowest BCUT2D eigenvalue weighted by Gasteiger charge is -2.30. The largest absolute Gasteiger partial charge is 0.493 e. The molecule has 2 unspecified atom stereocenters. The van der Waals surface area contributed by atoms with E-state index in [0.29, 0.717) is 23.8 Å². The van der Waals surface area contributed by atoms with Gasteiger partial charge in [-0.05, 0) is 20.3 Å². The number of nitrogens with zero attached hydrogens (tertiary/aromatic N) is 1. The van der Waals surface area contributed by atoms with Crippen LogP contribution in [-0.4, -0.2) is 37.4 Å². The van der Waals surface area contributed by atoms with Crippen LogP contribution in [0.2, 0.25) is 0 Å². The molecule has 0 aliphatic carbocycles. The third-order valence-corrected chi connectivity index (χ3v) is 4.01. The molecule has 0 amide bonds. The SMILES string of the molecule is COc1cc(NC2(C)CCOC2C)c([N+](=O)[O-])cc1OC. The summed E-state index contributed by atoms with van der Waals surface area (Å²) in [4.78, 5) is 10.9. The van der Waals surface area contributed by atoms with Gasteiger partial charge in [-0.2, -0.15) is 0 Å². The van der Waals surface area contributed by atoms with E-state index in [-0.39, 0.29) is 17.3 Å². The summed E-state index contributed by atoms with van der Waals surface area (Å²) in [5, 5.41) is 14.5. The Balaban J connectivity index is 2.44. The van der Waals surface area contributed by atoms with Crippen LogP contribution in [0.25, 0.3) is 0 Å². The third kappa shape index (κ3) is 2.87. The van der Waals surface area contributed by atoms with E-state index in [1.807, 2.05) is 13.8 Å². The normalized spacial score (nSPS) is 24.7. The van der Waals surface area contributed by atoms with Crippen molar-refractivity contribution in [3.63, 3.8) is 0 Å². The molecule has 1 aromatic carbocycles. The summed E-state index contributed by atoms with van der Waals surface area (Å²) in [6.45, 7) is 4.57. The van der Waals surface area contributed by atoms with Crippen molar-refractivity contribution in [2.24, 2.45) is 0 Å². The van der Waals surface area contributed by atoms with Crippen LogP contribution in [0.4, 0.5) is 11.4 Å². The van der Waals surface area contributed by atoms with Gasteiger partial charge in [-0.1, -0.05) is 0 Å². The average Bonchev–Trinajstić information content (AvgIpc) is 2.77. The quantitative estimate of drug-likeness (QED) is 0.664. The fourth-order valence-electron chi connectivity index (χ4n) is 2.43. The fraction of sp³-hybridized carbons (Fsp3) is 0.571. The van der Waals surface area contributed by atoms with E-state index in [4.69, 9.17) is 14.2 Å². The first-order valence-corrected chi connectivity index (χ1v) is 6.71. The van der Waals surface area contributed by atoms with Crippen LogP contribution >= 0.6 is 0 Å². The lowest BCUT2D eigenvalue weighted by molar-refractivity contribution is -0.384. The lowest BCUT2D eigenvalue weighted by Crippen LogP contribution is -2.41. The summed E-state index contributed by atoms with van der Waals surface area (Å²) in [7, 11) is 2.94. The fourth-order valence-corrected chi connectivity index (χ4v) is 2.43. The molecular weight excluding hydrogens is 276 g/mol. The Morgan fingerprint density at radius 2 is 2.00 bits per heavy atom. The standard InChI is InChI=1S/C14H20N2O5/c1-9-14(2,5-6-21-9)15-10-7-12(19-3)13(20-4)8-11(10)16(17)18/h7-9,15H,5-6H2,1-4H3. The molecule has 1 aromatic rings. The van der Waals surface area contributed by atoms with E-state index in [1.165, 1.54) is 20.3 Å². The maximum Gasteiger partial charge on any atom is 0.296 e. The van der Waals surface area contributed by atoms with Gasteiger partial charge in [0.2, 0.25) is 0 Å². The van der Waals surface area contributed by atoms with Crippen LogP contribution in [0.3, 0.4) is 0 Å². The maximum atomic E-state index is 11.3.